The number of aromatic carboxylic acids is 1. The second-order valence-electron chi connectivity index (χ2n) is 3.68. The lowest BCUT2D eigenvalue weighted by molar-refractivity contribution is 0.0680. The van der Waals surface area contributed by atoms with Crippen molar-refractivity contribution in [1.82, 2.24) is 10.1 Å². The summed E-state index contributed by atoms with van der Waals surface area (Å²) in [5, 5.41) is 12.2. The molecule has 2 aromatic rings. The Hall–Kier alpha value is -1.82. The molecule has 0 aliphatic carbocycles. The van der Waals surface area contributed by atoms with Crippen LogP contribution >= 0.6 is 11.8 Å². The van der Waals surface area contributed by atoms with E-state index in [-0.39, 0.29) is 11.1 Å². The first-order valence-electron chi connectivity index (χ1n) is 5.05. The highest BCUT2D eigenvalue weighted by atomic mass is 32.2. The van der Waals surface area contributed by atoms with Crippen molar-refractivity contribution in [2.45, 2.75) is 16.6 Å². The number of carboxylic acids is 1. The largest absolute Gasteiger partial charge is 0.475 e. The molecule has 0 saturated heterocycles. The molecule has 0 fully saturated rings. The lowest BCUT2D eigenvalue weighted by atomic mass is 10.1. The van der Waals surface area contributed by atoms with Crippen LogP contribution in [0.25, 0.3) is 0 Å². The molecule has 0 saturated carbocycles. The van der Waals surface area contributed by atoms with Gasteiger partial charge in [-0.2, -0.15) is 4.98 Å². The number of aromatic nitrogens is 2. The zero-order valence-corrected chi connectivity index (χ0v) is 9.48. The van der Waals surface area contributed by atoms with Crippen LogP contribution < -0.4 is 0 Å². The zero-order valence-electron chi connectivity index (χ0n) is 8.66. The van der Waals surface area contributed by atoms with Gasteiger partial charge < -0.3 is 9.63 Å². The molecule has 1 aliphatic heterocycles. The van der Waals surface area contributed by atoms with E-state index in [9.17, 15) is 4.79 Å². The molecular weight excluding hydrogens is 240 g/mol. The van der Waals surface area contributed by atoms with Crippen molar-refractivity contribution in [3.8, 4) is 0 Å². The minimum atomic E-state index is -1.17. The minimum Gasteiger partial charge on any atom is -0.475 e. The van der Waals surface area contributed by atoms with E-state index in [4.69, 9.17) is 9.63 Å². The van der Waals surface area contributed by atoms with Gasteiger partial charge in [0.1, 0.15) is 0 Å². The van der Waals surface area contributed by atoms with Crippen molar-refractivity contribution in [1.29, 1.82) is 0 Å². The van der Waals surface area contributed by atoms with Crippen molar-refractivity contribution in [3.05, 3.63) is 41.5 Å². The normalized spacial score (nSPS) is 18.0. The van der Waals surface area contributed by atoms with Crippen LogP contribution in [0.3, 0.4) is 0 Å². The number of fused-ring (bicyclic) bond motifs is 1. The van der Waals surface area contributed by atoms with Gasteiger partial charge in [0.15, 0.2) is 0 Å². The maximum absolute atomic E-state index is 10.7. The third-order valence-electron chi connectivity index (χ3n) is 2.56. The maximum atomic E-state index is 10.7. The van der Waals surface area contributed by atoms with Crippen molar-refractivity contribution in [2.24, 2.45) is 0 Å². The fraction of sp³-hybridized carbons (Fsp3) is 0.182. The Kier molecular flexibility index (Phi) is 2.36. The molecule has 17 heavy (non-hydrogen) atoms. The zero-order chi connectivity index (χ0) is 11.8. The maximum Gasteiger partial charge on any atom is 0.377 e. The Labute approximate surface area is 101 Å². The molecule has 1 unspecified atom stereocenters. The Morgan fingerprint density at radius 2 is 2.29 bits per heavy atom. The average Bonchev–Trinajstić information content (AvgIpc) is 2.95. The van der Waals surface area contributed by atoms with Gasteiger partial charge in [0.25, 0.3) is 5.82 Å². The lowest BCUT2D eigenvalue weighted by Crippen LogP contribution is -1.99. The molecule has 0 bridgehead atoms. The van der Waals surface area contributed by atoms with Crippen molar-refractivity contribution >= 4 is 17.7 Å². The van der Waals surface area contributed by atoms with Crippen LogP contribution in [0.2, 0.25) is 0 Å². The fourth-order valence-electron chi connectivity index (χ4n) is 1.77. The highest BCUT2D eigenvalue weighted by Crippen LogP contribution is 2.45. The number of carboxylic acid groups (broad SMARTS) is 1. The quantitative estimate of drug-likeness (QED) is 0.877. The number of rotatable bonds is 2. The van der Waals surface area contributed by atoms with Crippen LogP contribution in [-0.2, 0) is 6.42 Å². The van der Waals surface area contributed by atoms with Crippen LogP contribution in [0.4, 0.5) is 0 Å². The van der Waals surface area contributed by atoms with Crippen molar-refractivity contribution < 1.29 is 14.4 Å². The molecule has 1 aliphatic rings. The van der Waals surface area contributed by atoms with Gasteiger partial charge in [0.2, 0.25) is 5.89 Å². The highest BCUT2D eigenvalue weighted by Gasteiger charge is 2.28. The van der Waals surface area contributed by atoms with Crippen LogP contribution in [0.15, 0.2) is 33.7 Å². The van der Waals surface area contributed by atoms with Crippen LogP contribution in [0.5, 0.6) is 0 Å². The van der Waals surface area contributed by atoms with Crippen LogP contribution in [-0.4, -0.2) is 21.2 Å². The van der Waals surface area contributed by atoms with E-state index < -0.39 is 5.97 Å². The van der Waals surface area contributed by atoms with E-state index in [0.29, 0.717) is 5.89 Å². The second kappa shape index (κ2) is 3.89. The van der Waals surface area contributed by atoms with Gasteiger partial charge in [-0.05, 0) is 23.2 Å². The third kappa shape index (κ3) is 1.80. The van der Waals surface area contributed by atoms with E-state index in [1.807, 2.05) is 18.2 Å². The SMILES string of the molecule is O=C(O)c1noc(C2Cc3ccccc3S2)n1. The Morgan fingerprint density at radius 3 is 3.00 bits per heavy atom. The summed E-state index contributed by atoms with van der Waals surface area (Å²) in [5.41, 5.74) is 1.23. The summed E-state index contributed by atoms with van der Waals surface area (Å²) in [4.78, 5) is 15.7. The summed E-state index contributed by atoms with van der Waals surface area (Å²) < 4.78 is 4.98. The summed E-state index contributed by atoms with van der Waals surface area (Å²) in [6, 6.07) is 8.05. The highest BCUT2D eigenvalue weighted by molar-refractivity contribution is 7.99. The summed E-state index contributed by atoms with van der Waals surface area (Å²) in [7, 11) is 0. The Bertz CT molecular complexity index is 557. The van der Waals surface area contributed by atoms with Gasteiger partial charge in [-0.3, -0.25) is 0 Å². The second-order valence-corrected chi connectivity index (χ2v) is 4.92. The van der Waals surface area contributed by atoms with E-state index in [0.717, 1.165) is 6.42 Å². The third-order valence-corrected chi connectivity index (χ3v) is 3.86. The molecule has 86 valence electrons. The van der Waals surface area contributed by atoms with Crippen LogP contribution in [0, 0.1) is 0 Å². The Morgan fingerprint density at radius 1 is 1.47 bits per heavy atom. The number of benzene rings is 1. The minimum absolute atomic E-state index is 0.0213. The first-order valence-corrected chi connectivity index (χ1v) is 5.93. The topological polar surface area (TPSA) is 76.2 Å². The Balaban J connectivity index is 1.86. The van der Waals surface area contributed by atoms with Gasteiger partial charge in [-0.15, -0.1) is 11.8 Å². The number of carbonyl (C=O) groups is 1. The van der Waals surface area contributed by atoms with E-state index in [1.165, 1.54) is 10.5 Å². The molecule has 1 aromatic carbocycles. The number of hydrogen-bond donors (Lipinski definition) is 1. The average molecular weight is 248 g/mol. The van der Waals surface area contributed by atoms with Gasteiger partial charge in [-0.1, -0.05) is 18.2 Å². The van der Waals surface area contributed by atoms with Gasteiger partial charge in [-0.25, -0.2) is 4.79 Å². The molecule has 1 N–H and O–H groups in total. The fourth-order valence-corrected chi connectivity index (χ4v) is 3.00. The first kappa shape index (κ1) is 10.3. The predicted molar refractivity (Wildman–Crippen MR) is 60.0 cm³/mol. The molecule has 0 amide bonds. The molecule has 1 atom stereocenters. The van der Waals surface area contributed by atoms with Crippen LogP contribution in [0.1, 0.15) is 27.3 Å². The summed E-state index contributed by atoms with van der Waals surface area (Å²) >= 11 is 1.63. The molecule has 5 nitrogen and oxygen atoms in total. The van der Waals surface area contributed by atoms with E-state index >= 15 is 0 Å². The number of hydrogen-bond acceptors (Lipinski definition) is 5. The lowest BCUT2D eigenvalue weighted by Gasteiger charge is -1.99. The molecule has 6 heteroatoms. The van der Waals surface area contributed by atoms with Gasteiger partial charge in [0, 0.05) is 4.90 Å². The molecule has 0 spiro atoms. The van der Waals surface area contributed by atoms with E-state index in [2.05, 4.69) is 16.2 Å². The molecule has 2 heterocycles. The summed E-state index contributed by atoms with van der Waals surface area (Å²) in [6.45, 7) is 0. The smallest absolute Gasteiger partial charge is 0.377 e. The van der Waals surface area contributed by atoms with Gasteiger partial charge in [0.05, 0.1) is 5.25 Å². The summed E-state index contributed by atoms with van der Waals surface area (Å²) in [5.74, 6) is -1.07. The standard InChI is InChI=1S/C11H8N2O3S/c14-11(15)9-12-10(16-13-9)8-5-6-3-1-2-4-7(6)17-8/h1-4,8H,5H2,(H,14,15). The number of thioether (sulfide) groups is 1. The summed E-state index contributed by atoms with van der Waals surface area (Å²) in [6.07, 6.45) is 0.794. The van der Waals surface area contributed by atoms with Crippen molar-refractivity contribution in [3.63, 3.8) is 0 Å². The molecule has 0 radical (unpaired) electrons. The first-order chi connectivity index (χ1) is 8.24. The molecular formula is C11H8N2O3S. The predicted octanol–water partition coefficient (Wildman–Crippen LogP) is 2.16. The number of nitrogens with zero attached hydrogens (tertiary/aromatic N) is 2. The monoisotopic (exact) mass is 248 g/mol. The van der Waals surface area contributed by atoms with Crippen molar-refractivity contribution in [2.75, 3.05) is 0 Å². The molecule has 1 aromatic heterocycles. The van der Waals surface area contributed by atoms with Gasteiger partial charge >= 0.3 is 5.97 Å². The van der Waals surface area contributed by atoms with E-state index in [1.54, 1.807) is 11.8 Å². The molecule has 3 rings (SSSR count).